The normalized spacial score (nSPS) is 14.9. The van der Waals surface area contributed by atoms with E-state index in [2.05, 4.69) is 47.3 Å². The Balaban J connectivity index is 1.41. The smallest absolute Gasteiger partial charge is 0.416 e. The van der Waals surface area contributed by atoms with Crippen molar-refractivity contribution in [2.75, 3.05) is 43.4 Å². The minimum atomic E-state index is -4.39. The molecule has 0 aliphatic carbocycles. The second-order valence-electron chi connectivity index (χ2n) is 7.93. The van der Waals surface area contributed by atoms with Crippen LogP contribution in [0.15, 0.2) is 63.2 Å². The molecule has 2 N–H and O–H groups in total. The third-order valence-electron chi connectivity index (χ3n) is 5.38. The van der Waals surface area contributed by atoms with Gasteiger partial charge in [0.15, 0.2) is 16.7 Å². The van der Waals surface area contributed by atoms with Crippen LogP contribution in [-0.2, 0) is 6.18 Å². The first-order valence-corrected chi connectivity index (χ1v) is 11.6. The zero-order chi connectivity index (χ0) is 24.4. The number of aromatic nitrogens is 5. The third-order valence-corrected chi connectivity index (χ3v) is 6.26. The molecule has 3 aromatic heterocycles. The minimum absolute atomic E-state index is 0.279. The zero-order valence-electron chi connectivity index (χ0n) is 18.6. The SMILES string of the molecule is CN1CCN(c2nc(Nc3cc(-c4ccco4)[nH]n3)nc(Sc3ccc(C(F)(F)F)cc3)n2)CC1. The maximum Gasteiger partial charge on any atom is 0.416 e. The number of H-pyrrole nitrogens is 1. The topological polar surface area (TPSA) is 99.0 Å². The summed E-state index contributed by atoms with van der Waals surface area (Å²) in [6, 6.07) is 10.3. The number of hydrogen-bond donors (Lipinski definition) is 2. The number of nitrogens with zero attached hydrogens (tertiary/aromatic N) is 6. The van der Waals surface area contributed by atoms with Gasteiger partial charge >= 0.3 is 6.18 Å². The molecule has 1 fully saturated rings. The first kappa shape index (κ1) is 23.2. The van der Waals surface area contributed by atoms with Gasteiger partial charge in [-0.1, -0.05) is 0 Å². The van der Waals surface area contributed by atoms with Gasteiger partial charge in [-0.15, -0.1) is 0 Å². The highest BCUT2D eigenvalue weighted by Gasteiger charge is 2.30. The summed E-state index contributed by atoms with van der Waals surface area (Å²) >= 11 is 1.16. The van der Waals surface area contributed by atoms with Crippen LogP contribution in [0.1, 0.15) is 5.56 Å². The Labute approximate surface area is 202 Å². The second kappa shape index (κ2) is 9.58. The molecule has 4 heterocycles. The molecule has 4 aromatic rings. The van der Waals surface area contributed by atoms with E-state index in [1.54, 1.807) is 18.4 Å². The van der Waals surface area contributed by atoms with Gasteiger partial charge in [-0.05, 0) is 55.2 Å². The van der Waals surface area contributed by atoms with E-state index in [-0.39, 0.29) is 5.95 Å². The van der Waals surface area contributed by atoms with E-state index in [1.807, 2.05) is 6.07 Å². The standard InChI is InChI=1S/C22H21F3N8OS/c1-32-8-10-33(11-9-32)20-27-19(26-18-13-16(30-31-18)17-3-2-12-34-17)28-21(29-20)35-15-6-4-14(5-7-15)22(23,24)25/h2-7,12-13H,8-11H2,1H3,(H2,26,27,28,29,30,31). The summed E-state index contributed by atoms with van der Waals surface area (Å²) < 4.78 is 44.1. The van der Waals surface area contributed by atoms with Crippen LogP contribution >= 0.6 is 11.8 Å². The van der Waals surface area contributed by atoms with Crippen LogP contribution in [0.5, 0.6) is 0 Å². The molecule has 0 amide bonds. The van der Waals surface area contributed by atoms with Crippen molar-refractivity contribution >= 4 is 29.5 Å². The Morgan fingerprint density at radius 1 is 1.03 bits per heavy atom. The summed E-state index contributed by atoms with van der Waals surface area (Å²) in [5.41, 5.74) is -0.0194. The molecule has 0 bridgehead atoms. The maximum absolute atomic E-state index is 12.9. The second-order valence-corrected chi connectivity index (χ2v) is 8.97. The van der Waals surface area contributed by atoms with E-state index in [1.165, 1.54) is 12.1 Å². The highest BCUT2D eigenvalue weighted by molar-refractivity contribution is 7.99. The predicted octanol–water partition coefficient (Wildman–Crippen LogP) is 4.52. The number of anilines is 3. The Bertz CT molecular complexity index is 1270. The van der Waals surface area contributed by atoms with Crippen LogP contribution in [0.3, 0.4) is 0 Å². The molecule has 0 radical (unpaired) electrons. The zero-order valence-corrected chi connectivity index (χ0v) is 19.4. The molecule has 1 aliphatic rings. The number of furan rings is 1. The lowest BCUT2D eigenvalue weighted by Crippen LogP contribution is -2.45. The van der Waals surface area contributed by atoms with Crippen LogP contribution in [0.25, 0.3) is 11.5 Å². The monoisotopic (exact) mass is 502 g/mol. The lowest BCUT2D eigenvalue weighted by molar-refractivity contribution is -0.137. The summed E-state index contributed by atoms with van der Waals surface area (Å²) in [6.07, 6.45) is -2.82. The molecule has 0 atom stereocenters. The molecule has 182 valence electrons. The quantitative estimate of drug-likeness (QED) is 0.394. The van der Waals surface area contributed by atoms with E-state index in [9.17, 15) is 13.2 Å². The number of hydrogen-bond acceptors (Lipinski definition) is 9. The Hall–Kier alpha value is -3.58. The van der Waals surface area contributed by atoms with Crippen LogP contribution in [0, 0.1) is 0 Å². The van der Waals surface area contributed by atoms with Crippen molar-refractivity contribution in [3.63, 3.8) is 0 Å². The van der Waals surface area contributed by atoms with Crippen LogP contribution in [-0.4, -0.2) is 63.3 Å². The first-order valence-electron chi connectivity index (χ1n) is 10.7. The molecule has 1 saturated heterocycles. The average molecular weight is 503 g/mol. The van der Waals surface area contributed by atoms with Crippen LogP contribution in [0.2, 0.25) is 0 Å². The van der Waals surface area contributed by atoms with E-state index >= 15 is 0 Å². The minimum Gasteiger partial charge on any atom is -0.463 e. The lowest BCUT2D eigenvalue weighted by Gasteiger charge is -2.32. The molecule has 13 heteroatoms. The molecular formula is C22H21F3N8OS. The van der Waals surface area contributed by atoms with Crippen molar-refractivity contribution in [3.8, 4) is 11.5 Å². The number of halogens is 3. The van der Waals surface area contributed by atoms with Crippen molar-refractivity contribution in [2.24, 2.45) is 0 Å². The van der Waals surface area contributed by atoms with Gasteiger partial charge in [0.2, 0.25) is 11.9 Å². The number of aromatic amines is 1. The van der Waals surface area contributed by atoms with Crippen molar-refractivity contribution in [2.45, 2.75) is 16.2 Å². The Morgan fingerprint density at radius 3 is 2.49 bits per heavy atom. The van der Waals surface area contributed by atoms with Gasteiger partial charge in [-0.3, -0.25) is 5.10 Å². The van der Waals surface area contributed by atoms with Crippen molar-refractivity contribution in [1.29, 1.82) is 0 Å². The summed E-state index contributed by atoms with van der Waals surface area (Å²) in [5, 5.41) is 10.6. The molecule has 0 spiro atoms. The number of alkyl halides is 3. The summed E-state index contributed by atoms with van der Waals surface area (Å²) in [5.74, 6) is 1.89. The lowest BCUT2D eigenvalue weighted by atomic mass is 10.2. The fraction of sp³-hybridized carbons (Fsp3) is 0.273. The van der Waals surface area contributed by atoms with Gasteiger partial charge in [0.1, 0.15) is 5.69 Å². The Kier molecular flexibility index (Phi) is 6.34. The summed E-state index contributed by atoms with van der Waals surface area (Å²) in [7, 11) is 2.05. The highest BCUT2D eigenvalue weighted by atomic mass is 32.2. The summed E-state index contributed by atoms with van der Waals surface area (Å²) in [6.45, 7) is 3.22. The number of rotatable bonds is 6. The van der Waals surface area contributed by atoms with Crippen LogP contribution in [0.4, 0.5) is 30.9 Å². The molecule has 0 saturated carbocycles. The molecular weight excluding hydrogens is 481 g/mol. The molecule has 1 aromatic carbocycles. The van der Waals surface area contributed by atoms with Gasteiger partial charge in [0.05, 0.1) is 11.8 Å². The number of likely N-dealkylation sites (N-methyl/N-ethyl adjacent to an activating group) is 1. The fourth-order valence-corrected chi connectivity index (χ4v) is 4.21. The van der Waals surface area contributed by atoms with Gasteiger partial charge in [0.25, 0.3) is 0 Å². The third kappa shape index (κ3) is 5.57. The summed E-state index contributed by atoms with van der Waals surface area (Å²) in [4.78, 5) is 18.5. The fourth-order valence-electron chi connectivity index (χ4n) is 3.47. The van der Waals surface area contributed by atoms with Gasteiger partial charge in [0, 0.05) is 37.1 Å². The van der Waals surface area contributed by atoms with E-state index < -0.39 is 11.7 Å². The van der Waals surface area contributed by atoms with E-state index in [0.717, 1.165) is 50.1 Å². The Morgan fingerprint density at radius 2 is 1.80 bits per heavy atom. The average Bonchev–Trinajstić information content (AvgIpc) is 3.51. The first-order chi connectivity index (χ1) is 16.8. The van der Waals surface area contributed by atoms with Crippen molar-refractivity contribution in [3.05, 3.63) is 54.3 Å². The van der Waals surface area contributed by atoms with Gasteiger partial charge in [-0.25, -0.2) is 0 Å². The molecule has 5 rings (SSSR count). The molecule has 9 nitrogen and oxygen atoms in total. The van der Waals surface area contributed by atoms with E-state index in [4.69, 9.17) is 4.42 Å². The molecule has 0 unspecified atom stereocenters. The van der Waals surface area contributed by atoms with Gasteiger partial charge < -0.3 is 19.5 Å². The largest absolute Gasteiger partial charge is 0.463 e. The molecule has 35 heavy (non-hydrogen) atoms. The number of benzene rings is 1. The molecule has 1 aliphatic heterocycles. The van der Waals surface area contributed by atoms with Crippen molar-refractivity contribution < 1.29 is 17.6 Å². The van der Waals surface area contributed by atoms with Crippen molar-refractivity contribution in [1.82, 2.24) is 30.0 Å². The predicted molar refractivity (Wildman–Crippen MR) is 125 cm³/mol. The van der Waals surface area contributed by atoms with Crippen LogP contribution < -0.4 is 10.2 Å². The maximum atomic E-state index is 12.9. The highest BCUT2D eigenvalue weighted by Crippen LogP contribution is 2.33. The van der Waals surface area contributed by atoms with Gasteiger partial charge in [-0.2, -0.15) is 33.2 Å². The van der Waals surface area contributed by atoms with E-state index in [0.29, 0.717) is 33.3 Å². The number of nitrogens with one attached hydrogen (secondary N) is 2. The number of piperazine rings is 1.